The summed E-state index contributed by atoms with van der Waals surface area (Å²) in [7, 11) is -2.48. The van der Waals surface area contributed by atoms with Crippen molar-refractivity contribution in [3.05, 3.63) is 12.2 Å². The van der Waals surface area contributed by atoms with E-state index in [9.17, 15) is 9.59 Å². The molecule has 0 spiro atoms. The molecule has 1 unspecified atom stereocenters. The van der Waals surface area contributed by atoms with Crippen molar-refractivity contribution in [2.24, 2.45) is 0 Å². The first kappa shape index (κ1) is 35.7. The lowest BCUT2D eigenvalue weighted by Gasteiger charge is -2.28. The number of carbonyl (C=O) groups is 2. The molecular formula is C28H54O8Si. The topological polar surface area (TPSA) is 89.5 Å². The normalized spacial score (nSPS) is 12.4. The number of unbranched alkanes of at least 4 members (excludes halogenated alkanes) is 8. The minimum absolute atomic E-state index is 0.176. The van der Waals surface area contributed by atoms with Crippen molar-refractivity contribution in [1.82, 2.24) is 0 Å². The zero-order chi connectivity index (χ0) is 27.8. The van der Waals surface area contributed by atoms with Gasteiger partial charge >= 0.3 is 20.7 Å². The van der Waals surface area contributed by atoms with Crippen LogP contribution in [0.3, 0.4) is 0 Å². The van der Waals surface area contributed by atoms with Crippen molar-refractivity contribution in [1.29, 1.82) is 0 Å². The summed E-state index contributed by atoms with van der Waals surface area (Å²) in [5, 5.41) is 0. The van der Waals surface area contributed by atoms with Gasteiger partial charge in [0.2, 0.25) is 0 Å². The van der Waals surface area contributed by atoms with E-state index >= 15 is 0 Å². The number of rotatable bonds is 26. The highest BCUT2D eigenvalue weighted by Gasteiger charge is 2.39. The quantitative estimate of drug-likeness (QED) is 0.0533. The van der Waals surface area contributed by atoms with Crippen molar-refractivity contribution in [3.8, 4) is 0 Å². The Balaban J connectivity index is 3.59. The first-order chi connectivity index (χ1) is 17.8. The van der Waals surface area contributed by atoms with Gasteiger partial charge < -0.3 is 27.5 Å². The minimum Gasteiger partial charge on any atom is -0.466 e. The summed E-state index contributed by atoms with van der Waals surface area (Å²) in [6.07, 6.45) is 11.1. The molecule has 0 aliphatic carbocycles. The van der Waals surface area contributed by atoms with Crippen molar-refractivity contribution >= 4 is 20.7 Å². The molecule has 0 aliphatic rings. The highest BCUT2D eigenvalue weighted by molar-refractivity contribution is 6.60. The molecule has 0 fully saturated rings. The Morgan fingerprint density at radius 3 is 1.76 bits per heavy atom. The second-order valence-electron chi connectivity index (χ2n) is 9.30. The van der Waals surface area contributed by atoms with Gasteiger partial charge in [-0.25, -0.2) is 4.79 Å². The summed E-state index contributed by atoms with van der Waals surface area (Å²) in [6, 6.07) is 0.903. The Hall–Kier alpha value is -1.26. The molecule has 0 aromatic carbocycles. The van der Waals surface area contributed by atoms with Crippen LogP contribution in [0.15, 0.2) is 12.2 Å². The maximum absolute atomic E-state index is 11.8. The minimum atomic E-state index is -2.48. The van der Waals surface area contributed by atoms with Gasteiger partial charge in [-0.2, -0.15) is 0 Å². The van der Waals surface area contributed by atoms with Gasteiger partial charge in [-0.3, -0.25) is 4.79 Å². The highest BCUT2D eigenvalue weighted by atomic mass is 28.4. The first-order valence-corrected chi connectivity index (χ1v) is 16.2. The van der Waals surface area contributed by atoms with Crippen LogP contribution in [0.4, 0.5) is 0 Å². The molecule has 8 nitrogen and oxygen atoms in total. The third-order valence-electron chi connectivity index (χ3n) is 5.71. The van der Waals surface area contributed by atoms with Crippen molar-refractivity contribution in [2.75, 3.05) is 39.6 Å². The van der Waals surface area contributed by atoms with E-state index in [0.29, 0.717) is 51.4 Å². The van der Waals surface area contributed by atoms with E-state index in [1.807, 2.05) is 27.7 Å². The van der Waals surface area contributed by atoms with Gasteiger partial charge in [-0.05, 0) is 53.9 Å². The lowest BCUT2D eigenvalue weighted by molar-refractivity contribution is -0.144. The van der Waals surface area contributed by atoms with Crippen LogP contribution in [0.5, 0.6) is 0 Å². The predicted octanol–water partition coefficient (Wildman–Crippen LogP) is 6.39. The molecule has 37 heavy (non-hydrogen) atoms. The highest BCUT2D eigenvalue weighted by Crippen LogP contribution is 2.21. The third kappa shape index (κ3) is 20.4. The maximum Gasteiger partial charge on any atom is 0.500 e. The molecule has 0 N–H and O–H groups in total. The monoisotopic (exact) mass is 546 g/mol. The Morgan fingerprint density at radius 1 is 0.730 bits per heavy atom. The van der Waals surface area contributed by atoms with Gasteiger partial charge in [-0.15, -0.1) is 0 Å². The van der Waals surface area contributed by atoms with Gasteiger partial charge in [0.05, 0.1) is 12.7 Å². The van der Waals surface area contributed by atoms with Gasteiger partial charge in [0.25, 0.3) is 0 Å². The lowest BCUT2D eigenvalue weighted by atomic mass is 10.1. The number of ether oxygens (including phenoxy) is 3. The molecule has 0 saturated heterocycles. The molecule has 9 heteroatoms. The number of hydrogen-bond donors (Lipinski definition) is 0. The average molecular weight is 547 g/mol. The standard InChI is InChI=1S/C28H54O8Si/c1-7-34-37(35-8-2,36-9-3)23-18-16-14-12-10-11-13-15-17-21-32-27(29)20-19-22-31-26(6)24-33-28(30)25(4)5/h26H,4,7-24H2,1-3,5-6H3. The van der Waals surface area contributed by atoms with Gasteiger partial charge in [-0.1, -0.05) is 51.5 Å². The zero-order valence-electron chi connectivity index (χ0n) is 24.3. The zero-order valence-corrected chi connectivity index (χ0v) is 25.3. The van der Waals surface area contributed by atoms with E-state index in [2.05, 4.69) is 6.58 Å². The summed E-state index contributed by atoms with van der Waals surface area (Å²) in [4.78, 5) is 23.2. The fraction of sp³-hybridized carbons (Fsp3) is 0.857. The van der Waals surface area contributed by atoms with Crippen LogP contribution in [0.1, 0.15) is 105 Å². The van der Waals surface area contributed by atoms with Crippen molar-refractivity contribution in [2.45, 2.75) is 117 Å². The molecule has 0 bridgehead atoms. The van der Waals surface area contributed by atoms with Crippen LogP contribution in [0.25, 0.3) is 0 Å². The van der Waals surface area contributed by atoms with Gasteiger partial charge in [0, 0.05) is 44.5 Å². The second-order valence-corrected chi connectivity index (χ2v) is 12.0. The molecule has 0 saturated carbocycles. The van der Waals surface area contributed by atoms with E-state index < -0.39 is 14.8 Å². The van der Waals surface area contributed by atoms with E-state index in [4.69, 9.17) is 27.5 Å². The Bertz CT molecular complexity index is 582. The van der Waals surface area contributed by atoms with E-state index in [-0.39, 0.29) is 18.7 Å². The molecule has 0 radical (unpaired) electrons. The molecule has 1 atom stereocenters. The summed E-state index contributed by atoms with van der Waals surface area (Å²) in [5.74, 6) is -0.605. The Labute approximate surface area is 227 Å². The summed E-state index contributed by atoms with van der Waals surface area (Å²) in [5.41, 5.74) is 0.365. The van der Waals surface area contributed by atoms with Crippen LogP contribution in [-0.4, -0.2) is 66.5 Å². The van der Waals surface area contributed by atoms with Crippen LogP contribution >= 0.6 is 0 Å². The van der Waals surface area contributed by atoms with Crippen LogP contribution in [0.2, 0.25) is 6.04 Å². The van der Waals surface area contributed by atoms with E-state index in [1.54, 1.807) is 6.92 Å². The fourth-order valence-electron chi connectivity index (χ4n) is 3.81. The first-order valence-electron chi connectivity index (χ1n) is 14.3. The van der Waals surface area contributed by atoms with E-state index in [1.165, 1.54) is 38.5 Å². The van der Waals surface area contributed by atoms with Crippen molar-refractivity contribution in [3.63, 3.8) is 0 Å². The molecule has 0 aromatic heterocycles. The molecular weight excluding hydrogens is 492 g/mol. The number of carbonyl (C=O) groups excluding carboxylic acids is 2. The number of hydrogen-bond acceptors (Lipinski definition) is 8. The van der Waals surface area contributed by atoms with Gasteiger partial charge in [0.15, 0.2) is 0 Å². The third-order valence-corrected chi connectivity index (χ3v) is 8.86. The number of esters is 2. The lowest BCUT2D eigenvalue weighted by Crippen LogP contribution is -2.45. The molecule has 218 valence electrons. The molecule has 0 aromatic rings. The average Bonchev–Trinajstić information content (AvgIpc) is 2.86. The van der Waals surface area contributed by atoms with Crippen LogP contribution in [0, 0.1) is 0 Å². The molecule has 0 aliphatic heterocycles. The predicted molar refractivity (Wildman–Crippen MR) is 148 cm³/mol. The summed E-state index contributed by atoms with van der Waals surface area (Å²) in [6.45, 7) is 16.0. The largest absolute Gasteiger partial charge is 0.500 e. The maximum atomic E-state index is 11.8. The smallest absolute Gasteiger partial charge is 0.466 e. The van der Waals surface area contributed by atoms with Crippen LogP contribution in [-0.2, 0) is 37.1 Å². The second kappa shape index (κ2) is 23.8. The van der Waals surface area contributed by atoms with Gasteiger partial charge in [0.1, 0.15) is 6.61 Å². The summed E-state index contributed by atoms with van der Waals surface area (Å²) < 4.78 is 33.6. The molecule has 0 amide bonds. The van der Waals surface area contributed by atoms with Crippen molar-refractivity contribution < 1.29 is 37.1 Å². The SMILES string of the molecule is C=C(C)C(=O)OCC(C)OCCCC(=O)OCCCCCCCCCCC[Si](OCC)(OCC)OCC. The Kier molecular flexibility index (Phi) is 23.0. The fourth-order valence-corrected chi connectivity index (χ4v) is 6.49. The molecule has 0 rings (SSSR count). The van der Waals surface area contributed by atoms with Crippen LogP contribution < -0.4 is 0 Å². The summed E-state index contributed by atoms with van der Waals surface area (Å²) >= 11 is 0. The Morgan fingerprint density at radius 2 is 1.24 bits per heavy atom. The van der Waals surface area contributed by atoms with E-state index in [0.717, 1.165) is 25.3 Å². The molecule has 0 heterocycles.